The van der Waals surface area contributed by atoms with Crippen molar-refractivity contribution in [1.82, 2.24) is 9.88 Å². The van der Waals surface area contributed by atoms with Gasteiger partial charge in [-0.2, -0.15) is 0 Å². The molecule has 1 heterocycles. The van der Waals surface area contributed by atoms with Gasteiger partial charge in [0.2, 0.25) is 5.91 Å². The molecule has 2 unspecified atom stereocenters. The number of nitrogens with two attached hydrogens (primary N) is 1. The first-order valence-electron chi connectivity index (χ1n) is 8.03. The minimum absolute atomic E-state index is 0.0998. The van der Waals surface area contributed by atoms with E-state index < -0.39 is 0 Å². The molecule has 1 fully saturated rings. The van der Waals surface area contributed by atoms with Crippen LogP contribution in [0.25, 0.3) is 0 Å². The summed E-state index contributed by atoms with van der Waals surface area (Å²) < 4.78 is 0. The van der Waals surface area contributed by atoms with Gasteiger partial charge in [-0.15, -0.1) is 0 Å². The van der Waals surface area contributed by atoms with Crippen molar-refractivity contribution in [2.45, 2.75) is 52.1 Å². The van der Waals surface area contributed by atoms with Crippen LogP contribution in [0.5, 0.6) is 0 Å². The normalized spacial score (nSPS) is 22.3. The Morgan fingerprint density at radius 1 is 1.43 bits per heavy atom. The summed E-state index contributed by atoms with van der Waals surface area (Å²) in [7, 11) is 0. The lowest BCUT2D eigenvalue weighted by Crippen LogP contribution is -2.44. The van der Waals surface area contributed by atoms with E-state index in [0.717, 1.165) is 24.8 Å². The molecule has 0 bridgehead atoms. The molecule has 0 aliphatic heterocycles. The van der Waals surface area contributed by atoms with Gasteiger partial charge >= 0.3 is 0 Å². The molecule has 4 nitrogen and oxygen atoms in total. The quantitative estimate of drug-likeness (QED) is 0.906. The number of nitrogens with zero attached hydrogens (tertiary/aromatic N) is 2. The van der Waals surface area contributed by atoms with Crippen molar-refractivity contribution in [1.29, 1.82) is 0 Å². The maximum Gasteiger partial charge on any atom is 0.226 e. The summed E-state index contributed by atoms with van der Waals surface area (Å²) in [6.07, 6.45) is 8.02. The largest absolute Gasteiger partial charge is 0.336 e. The highest BCUT2D eigenvalue weighted by atomic mass is 16.2. The topological polar surface area (TPSA) is 59.2 Å². The van der Waals surface area contributed by atoms with Crippen LogP contribution in [0.4, 0.5) is 0 Å². The van der Waals surface area contributed by atoms with Crippen molar-refractivity contribution in [3.63, 3.8) is 0 Å². The highest BCUT2D eigenvalue weighted by Gasteiger charge is 2.33. The van der Waals surface area contributed by atoms with Crippen LogP contribution in [0.1, 0.15) is 45.1 Å². The van der Waals surface area contributed by atoms with E-state index >= 15 is 0 Å². The Bertz CT molecular complexity index is 447. The molecular formula is C17H27N3O. The number of hydrogen-bond donors (Lipinski definition) is 1. The van der Waals surface area contributed by atoms with Gasteiger partial charge in [0.1, 0.15) is 0 Å². The molecule has 1 aromatic heterocycles. The standard InChI is InChI=1S/C17H27N3O/c1-13(2)20(12-14-6-5-9-19-11-14)17(21)16-8-4-3-7-15(16)10-18/h5-6,9,11,13,15-16H,3-4,7-8,10,12,18H2,1-2H3. The highest BCUT2D eigenvalue weighted by molar-refractivity contribution is 5.79. The van der Waals surface area contributed by atoms with Crippen LogP contribution in [0.2, 0.25) is 0 Å². The molecule has 0 saturated heterocycles. The molecule has 1 aliphatic carbocycles. The minimum atomic E-state index is 0.0998. The Hall–Kier alpha value is -1.42. The Balaban J connectivity index is 2.11. The second-order valence-corrected chi connectivity index (χ2v) is 6.31. The molecule has 2 N–H and O–H groups in total. The first-order chi connectivity index (χ1) is 10.1. The van der Waals surface area contributed by atoms with Crippen LogP contribution in [0, 0.1) is 11.8 Å². The maximum absolute atomic E-state index is 13.0. The molecule has 1 amide bonds. The number of carbonyl (C=O) groups is 1. The summed E-state index contributed by atoms with van der Waals surface area (Å²) >= 11 is 0. The molecule has 2 rings (SSSR count). The predicted octanol–water partition coefficient (Wildman–Crippen LogP) is 2.58. The third-order valence-electron chi connectivity index (χ3n) is 4.51. The summed E-state index contributed by atoms with van der Waals surface area (Å²) in [5.74, 6) is 0.716. The SMILES string of the molecule is CC(C)N(Cc1cccnc1)C(=O)C1CCCCC1CN. The summed E-state index contributed by atoms with van der Waals surface area (Å²) in [5.41, 5.74) is 6.96. The van der Waals surface area contributed by atoms with E-state index in [4.69, 9.17) is 5.73 Å². The number of rotatable bonds is 5. The van der Waals surface area contributed by atoms with E-state index in [1.165, 1.54) is 6.42 Å². The molecule has 0 spiro atoms. The van der Waals surface area contributed by atoms with Gasteiger partial charge in [0.25, 0.3) is 0 Å². The van der Waals surface area contributed by atoms with Crippen molar-refractivity contribution >= 4 is 5.91 Å². The van der Waals surface area contributed by atoms with Crippen LogP contribution in [-0.2, 0) is 11.3 Å². The van der Waals surface area contributed by atoms with E-state index in [0.29, 0.717) is 19.0 Å². The summed E-state index contributed by atoms with van der Waals surface area (Å²) in [4.78, 5) is 19.1. The van der Waals surface area contributed by atoms with Gasteiger partial charge in [-0.3, -0.25) is 9.78 Å². The Morgan fingerprint density at radius 3 is 2.81 bits per heavy atom. The van der Waals surface area contributed by atoms with Gasteiger partial charge in [-0.05, 0) is 50.8 Å². The first-order valence-corrected chi connectivity index (χ1v) is 8.03. The Labute approximate surface area is 127 Å². The Morgan fingerprint density at radius 2 is 2.19 bits per heavy atom. The zero-order valence-electron chi connectivity index (χ0n) is 13.2. The number of carbonyl (C=O) groups excluding carboxylic acids is 1. The molecule has 0 radical (unpaired) electrons. The summed E-state index contributed by atoms with van der Waals surface area (Å²) in [6, 6.07) is 4.14. The van der Waals surface area contributed by atoms with Gasteiger partial charge in [-0.1, -0.05) is 18.9 Å². The number of hydrogen-bond acceptors (Lipinski definition) is 3. The fourth-order valence-electron chi connectivity index (χ4n) is 3.23. The molecule has 116 valence electrons. The van der Waals surface area contributed by atoms with Crippen molar-refractivity contribution in [2.24, 2.45) is 17.6 Å². The van der Waals surface area contributed by atoms with E-state index in [2.05, 4.69) is 18.8 Å². The summed E-state index contributed by atoms with van der Waals surface area (Å²) in [6.45, 7) is 5.41. The van der Waals surface area contributed by atoms with Gasteiger partial charge in [0.05, 0.1) is 0 Å². The zero-order chi connectivity index (χ0) is 15.2. The van der Waals surface area contributed by atoms with Crippen LogP contribution in [0.3, 0.4) is 0 Å². The van der Waals surface area contributed by atoms with Crippen LogP contribution in [0.15, 0.2) is 24.5 Å². The average Bonchev–Trinajstić information content (AvgIpc) is 2.52. The third-order valence-corrected chi connectivity index (χ3v) is 4.51. The average molecular weight is 289 g/mol. The lowest BCUT2D eigenvalue weighted by molar-refractivity contribution is -0.140. The molecule has 1 saturated carbocycles. The Kier molecular flexibility index (Phi) is 5.74. The van der Waals surface area contributed by atoms with Crippen molar-refractivity contribution < 1.29 is 4.79 Å². The van der Waals surface area contributed by atoms with Gasteiger partial charge in [-0.25, -0.2) is 0 Å². The predicted molar refractivity (Wildman–Crippen MR) is 84.4 cm³/mol. The van der Waals surface area contributed by atoms with E-state index in [9.17, 15) is 4.79 Å². The minimum Gasteiger partial charge on any atom is -0.336 e. The van der Waals surface area contributed by atoms with Crippen molar-refractivity contribution in [3.8, 4) is 0 Å². The monoisotopic (exact) mass is 289 g/mol. The fourth-order valence-corrected chi connectivity index (χ4v) is 3.23. The molecule has 21 heavy (non-hydrogen) atoms. The van der Waals surface area contributed by atoms with E-state index in [1.807, 2.05) is 23.2 Å². The highest BCUT2D eigenvalue weighted by Crippen LogP contribution is 2.31. The second-order valence-electron chi connectivity index (χ2n) is 6.31. The zero-order valence-corrected chi connectivity index (χ0v) is 13.2. The maximum atomic E-state index is 13.0. The van der Waals surface area contributed by atoms with Crippen molar-refractivity contribution in [3.05, 3.63) is 30.1 Å². The number of pyridine rings is 1. The summed E-state index contributed by atoms with van der Waals surface area (Å²) in [5, 5.41) is 0. The lowest BCUT2D eigenvalue weighted by Gasteiger charge is -2.36. The van der Waals surface area contributed by atoms with Crippen LogP contribution >= 0.6 is 0 Å². The van der Waals surface area contributed by atoms with Crippen molar-refractivity contribution in [2.75, 3.05) is 6.54 Å². The van der Waals surface area contributed by atoms with Crippen LogP contribution < -0.4 is 5.73 Å². The van der Waals surface area contributed by atoms with Gasteiger partial charge < -0.3 is 10.6 Å². The lowest BCUT2D eigenvalue weighted by atomic mass is 9.78. The molecule has 1 aromatic rings. The smallest absolute Gasteiger partial charge is 0.226 e. The molecule has 4 heteroatoms. The van der Waals surface area contributed by atoms with E-state index in [1.54, 1.807) is 6.20 Å². The third kappa shape index (κ3) is 4.03. The second kappa shape index (κ2) is 7.55. The molecule has 0 aromatic carbocycles. The fraction of sp³-hybridized carbons (Fsp3) is 0.647. The number of amides is 1. The van der Waals surface area contributed by atoms with E-state index in [-0.39, 0.29) is 17.9 Å². The molecular weight excluding hydrogens is 262 g/mol. The van der Waals surface area contributed by atoms with Gasteiger partial charge in [0.15, 0.2) is 0 Å². The van der Waals surface area contributed by atoms with Gasteiger partial charge in [0, 0.05) is 30.9 Å². The molecule has 1 aliphatic rings. The van der Waals surface area contributed by atoms with Crippen LogP contribution in [-0.4, -0.2) is 28.4 Å². The number of aromatic nitrogens is 1. The molecule has 2 atom stereocenters. The first kappa shape index (κ1) is 16.0.